The van der Waals surface area contributed by atoms with Crippen LogP contribution in [0.2, 0.25) is 10.0 Å². The summed E-state index contributed by atoms with van der Waals surface area (Å²) in [5.74, 6) is -1.25. The van der Waals surface area contributed by atoms with Crippen molar-refractivity contribution < 1.29 is 22.7 Å². The first-order valence-electron chi connectivity index (χ1n) is 6.10. The van der Waals surface area contributed by atoms with Gasteiger partial charge in [0.25, 0.3) is 0 Å². The number of ether oxygens (including phenoxy) is 1. The minimum atomic E-state index is -4.74. The molecule has 1 N–H and O–H groups in total. The second-order valence-electron chi connectivity index (χ2n) is 4.35. The second kappa shape index (κ2) is 6.64. The summed E-state index contributed by atoms with van der Waals surface area (Å²) in [6, 6.07) is 5.15. The summed E-state index contributed by atoms with van der Waals surface area (Å²) in [7, 11) is 0.988. The van der Waals surface area contributed by atoms with Gasteiger partial charge in [0.2, 0.25) is 0 Å². The Morgan fingerprint density at radius 2 is 1.96 bits per heavy atom. The molecule has 0 aliphatic heterocycles. The van der Waals surface area contributed by atoms with Crippen LogP contribution in [0.3, 0.4) is 0 Å². The fraction of sp³-hybridized carbons (Fsp3) is 0.143. The number of halogens is 5. The lowest BCUT2D eigenvalue weighted by molar-refractivity contribution is -0.138. The largest absolute Gasteiger partial charge is 0.465 e. The lowest BCUT2D eigenvalue weighted by Gasteiger charge is -2.14. The van der Waals surface area contributed by atoms with Crippen molar-refractivity contribution >= 4 is 40.7 Å². The maximum absolute atomic E-state index is 13.1. The molecule has 0 bridgehead atoms. The molecule has 0 radical (unpaired) electrons. The number of nitrogens with zero attached hydrogens (tertiary/aromatic N) is 1. The van der Waals surface area contributed by atoms with E-state index in [0.29, 0.717) is 16.8 Å². The van der Waals surface area contributed by atoms with Gasteiger partial charge in [-0.2, -0.15) is 13.2 Å². The zero-order chi connectivity index (χ0) is 17.2. The topological polar surface area (TPSA) is 51.2 Å². The van der Waals surface area contributed by atoms with Crippen LogP contribution in [0.15, 0.2) is 30.5 Å². The van der Waals surface area contributed by atoms with E-state index in [2.05, 4.69) is 15.0 Å². The standard InChI is InChI=1S/C14H9Cl2F3N2O2/c1-23-13(22)8-6-20-12(5-9(8)14(17,18)19)21-11-3-2-7(15)4-10(11)16/h2-6H,1H3,(H,20,21). The molecule has 0 saturated carbocycles. The van der Waals surface area contributed by atoms with Crippen molar-refractivity contribution in [3.8, 4) is 0 Å². The number of anilines is 2. The van der Waals surface area contributed by atoms with Gasteiger partial charge in [-0.05, 0) is 24.3 Å². The Bertz CT molecular complexity index is 751. The molecule has 4 nitrogen and oxygen atoms in total. The highest BCUT2D eigenvalue weighted by atomic mass is 35.5. The van der Waals surface area contributed by atoms with E-state index in [1.54, 1.807) is 0 Å². The van der Waals surface area contributed by atoms with E-state index in [4.69, 9.17) is 23.2 Å². The molecule has 0 spiro atoms. The summed E-state index contributed by atoms with van der Waals surface area (Å²) < 4.78 is 43.6. The molecule has 2 rings (SSSR count). The van der Waals surface area contributed by atoms with Crippen LogP contribution >= 0.6 is 23.2 Å². The Hall–Kier alpha value is -1.99. The van der Waals surface area contributed by atoms with Gasteiger partial charge in [-0.1, -0.05) is 23.2 Å². The number of methoxy groups -OCH3 is 1. The van der Waals surface area contributed by atoms with E-state index in [-0.39, 0.29) is 10.8 Å². The van der Waals surface area contributed by atoms with Crippen LogP contribution in [-0.4, -0.2) is 18.1 Å². The van der Waals surface area contributed by atoms with Gasteiger partial charge in [0.15, 0.2) is 0 Å². The SMILES string of the molecule is COC(=O)c1cnc(Nc2ccc(Cl)cc2Cl)cc1C(F)(F)F. The third-order valence-electron chi connectivity index (χ3n) is 2.81. The fourth-order valence-electron chi connectivity index (χ4n) is 1.76. The van der Waals surface area contributed by atoms with Crippen molar-refractivity contribution in [2.75, 3.05) is 12.4 Å². The first-order chi connectivity index (χ1) is 10.7. The zero-order valence-corrected chi connectivity index (χ0v) is 13.1. The van der Waals surface area contributed by atoms with Gasteiger partial charge in [0.05, 0.1) is 28.9 Å². The van der Waals surface area contributed by atoms with Crippen LogP contribution in [0.4, 0.5) is 24.7 Å². The van der Waals surface area contributed by atoms with Gasteiger partial charge in [0.1, 0.15) is 5.82 Å². The quantitative estimate of drug-likeness (QED) is 0.783. The molecule has 2 aromatic rings. The van der Waals surface area contributed by atoms with Crippen molar-refractivity contribution in [3.05, 3.63) is 51.6 Å². The molecule has 0 atom stereocenters. The van der Waals surface area contributed by atoms with E-state index >= 15 is 0 Å². The number of aromatic nitrogens is 1. The fourth-order valence-corrected chi connectivity index (χ4v) is 2.22. The summed E-state index contributed by atoms with van der Waals surface area (Å²) in [6.45, 7) is 0. The third-order valence-corrected chi connectivity index (χ3v) is 3.36. The molecule has 1 aromatic carbocycles. The number of alkyl halides is 3. The lowest BCUT2D eigenvalue weighted by Crippen LogP contribution is -2.15. The highest BCUT2D eigenvalue weighted by Crippen LogP contribution is 2.35. The van der Waals surface area contributed by atoms with Gasteiger partial charge in [-0.3, -0.25) is 0 Å². The van der Waals surface area contributed by atoms with Crippen molar-refractivity contribution in [2.45, 2.75) is 6.18 Å². The number of hydrogen-bond acceptors (Lipinski definition) is 4. The predicted octanol–water partition coefficient (Wildman–Crippen LogP) is 4.94. The molecule has 0 fully saturated rings. The molecule has 23 heavy (non-hydrogen) atoms. The van der Waals surface area contributed by atoms with E-state index in [9.17, 15) is 18.0 Å². The minimum Gasteiger partial charge on any atom is -0.465 e. The van der Waals surface area contributed by atoms with Gasteiger partial charge < -0.3 is 10.1 Å². The molecule has 0 amide bonds. The highest BCUT2D eigenvalue weighted by Gasteiger charge is 2.36. The Balaban J connectivity index is 2.43. The molecular weight excluding hydrogens is 356 g/mol. The molecule has 1 heterocycles. The maximum Gasteiger partial charge on any atom is 0.417 e. The monoisotopic (exact) mass is 364 g/mol. The number of hydrogen-bond donors (Lipinski definition) is 1. The van der Waals surface area contributed by atoms with Crippen molar-refractivity contribution in [2.24, 2.45) is 0 Å². The normalized spacial score (nSPS) is 11.2. The van der Waals surface area contributed by atoms with E-state index in [1.807, 2.05) is 0 Å². The van der Waals surface area contributed by atoms with Gasteiger partial charge in [-0.15, -0.1) is 0 Å². The molecule has 0 unspecified atom stereocenters. The summed E-state index contributed by atoms with van der Waals surface area (Å²) in [5, 5.41) is 3.24. The number of carbonyl (C=O) groups excluding carboxylic acids is 1. The molecule has 0 saturated heterocycles. The van der Waals surface area contributed by atoms with Gasteiger partial charge >= 0.3 is 12.1 Å². The molecule has 122 valence electrons. The Labute approximate surface area is 139 Å². The molecule has 1 aromatic heterocycles. The van der Waals surface area contributed by atoms with E-state index < -0.39 is 23.3 Å². The van der Waals surface area contributed by atoms with Crippen LogP contribution < -0.4 is 5.32 Å². The van der Waals surface area contributed by atoms with Crippen LogP contribution in [0.25, 0.3) is 0 Å². The smallest absolute Gasteiger partial charge is 0.417 e. The number of nitrogens with one attached hydrogen (secondary N) is 1. The van der Waals surface area contributed by atoms with Gasteiger partial charge in [0, 0.05) is 11.2 Å². The summed E-state index contributed by atoms with van der Waals surface area (Å²) in [4.78, 5) is 15.2. The lowest BCUT2D eigenvalue weighted by atomic mass is 10.1. The summed E-state index contributed by atoms with van der Waals surface area (Å²) >= 11 is 11.7. The Morgan fingerprint density at radius 1 is 1.26 bits per heavy atom. The first kappa shape index (κ1) is 17.4. The Kier molecular flexibility index (Phi) is 5.01. The number of esters is 1. The first-order valence-corrected chi connectivity index (χ1v) is 6.85. The average Bonchev–Trinajstić information content (AvgIpc) is 2.48. The third kappa shape index (κ3) is 4.05. The molecule has 9 heteroatoms. The van der Waals surface area contributed by atoms with Crippen LogP contribution in [0.1, 0.15) is 15.9 Å². The molecular formula is C14H9Cl2F3N2O2. The van der Waals surface area contributed by atoms with Crippen molar-refractivity contribution in [1.29, 1.82) is 0 Å². The number of pyridine rings is 1. The van der Waals surface area contributed by atoms with Crippen LogP contribution in [-0.2, 0) is 10.9 Å². The highest BCUT2D eigenvalue weighted by molar-refractivity contribution is 6.36. The van der Waals surface area contributed by atoms with Gasteiger partial charge in [-0.25, -0.2) is 9.78 Å². The summed E-state index contributed by atoms with van der Waals surface area (Å²) in [5.41, 5.74) is -1.51. The molecule has 0 aliphatic carbocycles. The number of rotatable bonds is 3. The number of benzene rings is 1. The zero-order valence-electron chi connectivity index (χ0n) is 11.5. The number of carbonyl (C=O) groups is 1. The van der Waals surface area contributed by atoms with Crippen LogP contribution in [0, 0.1) is 0 Å². The predicted molar refractivity (Wildman–Crippen MR) is 80.3 cm³/mol. The van der Waals surface area contributed by atoms with E-state index in [1.165, 1.54) is 18.2 Å². The van der Waals surface area contributed by atoms with Crippen LogP contribution in [0.5, 0.6) is 0 Å². The minimum absolute atomic E-state index is 0.130. The Morgan fingerprint density at radius 3 is 2.52 bits per heavy atom. The van der Waals surface area contributed by atoms with Crippen molar-refractivity contribution in [1.82, 2.24) is 4.98 Å². The summed E-state index contributed by atoms with van der Waals surface area (Å²) in [6.07, 6.45) is -3.95. The molecule has 0 aliphatic rings. The maximum atomic E-state index is 13.1. The van der Waals surface area contributed by atoms with E-state index in [0.717, 1.165) is 13.3 Å². The van der Waals surface area contributed by atoms with Crippen molar-refractivity contribution in [3.63, 3.8) is 0 Å². The second-order valence-corrected chi connectivity index (χ2v) is 5.20. The average molecular weight is 365 g/mol.